The summed E-state index contributed by atoms with van der Waals surface area (Å²) in [7, 11) is 0. The molecule has 25 heavy (non-hydrogen) atoms. The molecule has 1 aromatic rings. The summed E-state index contributed by atoms with van der Waals surface area (Å²) in [4.78, 5) is 23.5. The second-order valence-electron chi connectivity index (χ2n) is 5.58. The number of fused-ring (bicyclic) bond motifs is 1. The Hall–Kier alpha value is -2.37. The molecule has 0 fully saturated rings. The van der Waals surface area contributed by atoms with Crippen LogP contribution in [0.1, 0.15) is 21.6 Å². The molecule has 128 valence electrons. The van der Waals surface area contributed by atoms with E-state index in [2.05, 4.69) is 10.5 Å². The molecule has 5 nitrogen and oxygen atoms in total. The van der Waals surface area contributed by atoms with Crippen molar-refractivity contribution in [2.75, 3.05) is 6.54 Å². The Labute approximate surface area is 153 Å². The zero-order valence-electron chi connectivity index (χ0n) is 13.3. The van der Waals surface area contributed by atoms with Gasteiger partial charge in [0.1, 0.15) is 0 Å². The van der Waals surface area contributed by atoms with Crippen molar-refractivity contribution >= 4 is 29.1 Å². The topological polar surface area (TPSA) is 72.2 Å². The van der Waals surface area contributed by atoms with E-state index in [4.69, 9.17) is 27.7 Å². The minimum absolute atomic E-state index is 0.127. The van der Waals surface area contributed by atoms with Gasteiger partial charge in [0.2, 0.25) is 0 Å². The lowest BCUT2D eigenvalue weighted by molar-refractivity contribution is 0.0954. The summed E-state index contributed by atoms with van der Waals surface area (Å²) in [5.41, 5.74) is 2.74. The Kier molecular flexibility index (Phi) is 5.06. The maximum atomic E-state index is 12.2. The van der Waals surface area contributed by atoms with Crippen LogP contribution in [0.25, 0.3) is 11.3 Å². The number of rotatable bonds is 4. The van der Waals surface area contributed by atoms with Crippen LogP contribution in [0.5, 0.6) is 0 Å². The van der Waals surface area contributed by atoms with Crippen molar-refractivity contribution < 1.29 is 9.32 Å². The molecule has 1 aliphatic carbocycles. The molecule has 1 N–H and O–H groups in total. The van der Waals surface area contributed by atoms with Gasteiger partial charge < -0.3 is 9.84 Å². The normalized spacial score (nSPS) is 10.8. The highest BCUT2D eigenvalue weighted by molar-refractivity contribution is 6.35. The molecule has 0 saturated heterocycles. The van der Waals surface area contributed by atoms with Gasteiger partial charge in [-0.2, -0.15) is 0 Å². The maximum absolute atomic E-state index is 12.2. The summed E-state index contributed by atoms with van der Waals surface area (Å²) in [6, 6.07) is 9.28. The monoisotopic (exact) mass is 376 g/mol. The van der Waals surface area contributed by atoms with Crippen LogP contribution in [0, 0.1) is 6.92 Å². The first-order valence-corrected chi connectivity index (χ1v) is 8.33. The molecule has 1 heterocycles. The molecular formula is C18H14Cl2N2O3. The van der Waals surface area contributed by atoms with Crippen molar-refractivity contribution in [2.45, 2.75) is 13.3 Å². The van der Waals surface area contributed by atoms with Crippen LogP contribution in [0.3, 0.4) is 0 Å². The Bertz CT molecular complexity index is 949. The van der Waals surface area contributed by atoms with Crippen LogP contribution in [0.15, 0.2) is 45.7 Å². The molecule has 2 aliphatic rings. The predicted octanol–water partition coefficient (Wildman–Crippen LogP) is 3.73. The maximum Gasteiger partial charge on any atom is 0.251 e. The number of aromatic nitrogens is 1. The summed E-state index contributed by atoms with van der Waals surface area (Å²) < 4.78 is 5.28. The number of amides is 1. The molecule has 3 rings (SSSR count). The number of benzene rings is 2. The van der Waals surface area contributed by atoms with Gasteiger partial charge in [0.25, 0.3) is 5.91 Å². The molecule has 0 spiro atoms. The van der Waals surface area contributed by atoms with Gasteiger partial charge in [-0.3, -0.25) is 9.59 Å². The third-order valence-corrected chi connectivity index (χ3v) is 4.25. The summed E-state index contributed by atoms with van der Waals surface area (Å²) in [6.45, 7) is 2.28. The third kappa shape index (κ3) is 4.00. The minimum Gasteiger partial charge on any atom is -0.356 e. The Morgan fingerprint density at radius 2 is 1.88 bits per heavy atom. The smallest absolute Gasteiger partial charge is 0.251 e. The van der Waals surface area contributed by atoms with Gasteiger partial charge in [0.05, 0.1) is 5.69 Å². The van der Waals surface area contributed by atoms with E-state index in [0.29, 0.717) is 34.3 Å². The second kappa shape index (κ2) is 7.25. The summed E-state index contributed by atoms with van der Waals surface area (Å²) in [6.07, 6.45) is 0.491. The molecule has 1 aromatic carbocycles. The molecule has 0 radical (unpaired) electrons. The van der Waals surface area contributed by atoms with Gasteiger partial charge in [-0.05, 0) is 42.8 Å². The predicted molar refractivity (Wildman–Crippen MR) is 96.6 cm³/mol. The molecule has 0 bridgehead atoms. The summed E-state index contributed by atoms with van der Waals surface area (Å²) in [5.74, 6) is 0.183. The van der Waals surface area contributed by atoms with Crippen molar-refractivity contribution in [2.24, 2.45) is 0 Å². The first kappa shape index (κ1) is 17.5. The lowest BCUT2D eigenvalue weighted by atomic mass is 10.0. The van der Waals surface area contributed by atoms with Crippen LogP contribution in [0.4, 0.5) is 0 Å². The van der Waals surface area contributed by atoms with E-state index in [-0.39, 0.29) is 11.3 Å². The van der Waals surface area contributed by atoms with Crippen molar-refractivity contribution in [1.82, 2.24) is 10.5 Å². The van der Waals surface area contributed by atoms with Crippen LogP contribution in [0.2, 0.25) is 10.0 Å². The zero-order chi connectivity index (χ0) is 18.0. The number of carbonyl (C=O) groups is 1. The summed E-state index contributed by atoms with van der Waals surface area (Å²) in [5, 5.41) is 7.64. The third-order valence-electron chi connectivity index (χ3n) is 3.82. The van der Waals surface area contributed by atoms with Gasteiger partial charge >= 0.3 is 0 Å². The Morgan fingerprint density at radius 3 is 2.60 bits per heavy atom. The van der Waals surface area contributed by atoms with Crippen molar-refractivity contribution in [3.63, 3.8) is 0 Å². The van der Waals surface area contributed by atoms with Gasteiger partial charge in [-0.25, -0.2) is 0 Å². The Morgan fingerprint density at radius 1 is 1.16 bits per heavy atom. The minimum atomic E-state index is -0.268. The van der Waals surface area contributed by atoms with E-state index >= 15 is 0 Å². The Balaban J connectivity index is 1.70. The molecule has 0 unspecified atom stereocenters. The molecular weight excluding hydrogens is 363 g/mol. The summed E-state index contributed by atoms with van der Waals surface area (Å²) >= 11 is 11.8. The van der Waals surface area contributed by atoms with Crippen molar-refractivity contribution in [1.29, 1.82) is 0 Å². The first-order chi connectivity index (χ1) is 11.9. The van der Waals surface area contributed by atoms with Gasteiger partial charge in [-0.1, -0.05) is 28.4 Å². The number of nitrogens with one attached hydrogen (secondary N) is 1. The fourth-order valence-electron chi connectivity index (χ4n) is 2.53. The van der Waals surface area contributed by atoms with E-state index in [0.717, 1.165) is 16.8 Å². The molecule has 7 heteroatoms. The number of hydrogen-bond acceptors (Lipinski definition) is 4. The standard InChI is InChI=1S/C18H14Cl2N2O3/c1-10-15-3-2-14(23)9-17(15)25-22-16(10)4-5-21-18(24)11-6-12(19)8-13(20)7-11/h2-3,6-9H,4-5H2,1H3,(H,21,24). The molecule has 1 amide bonds. The first-order valence-electron chi connectivity index (χ1n) is 7.57. The second-order valence-corrected chi connectivity index (χ2v) is 6.45. The van der Waals surface area contributed by atoms with E-state index in [1.165, 1.54) is 12.1 Å². The van der Waals surface area contributed by atoms with Gasteiger partial charge in [0.15, 0.2) is 11.2 Å². The van der Waals surface area contributed by atoms with Crippen molar-refractivity contribution in [3.05, 3.63) is 73.5 Å². The highest BCUT2D eigenvalue weighted by atomic mass is 35.5. The van der Waals surface area contributed by atoms with Crippen LogP contribution < -0.4 is 10.7 Å². The van der Waals surface area contributed by atoms with E-state index in [1.54, 1.807) is 24.3 Å². The van der Waals surface area contributed by atoms with E-state index in [1.807, 2.05) is 6.92 Å². The molecule has 0 saturated carbocycles. The van der Waals surface area contributed by atoms with Gasteiger partial charge in [0, 0.05) is 40.2 Å². The van der Waals surface area contributed by atoms with Crippen LogP contribution >= 0.6 is 23.2 Å². The van der Waals surface area contributed by atoms with Crippen LogP contribution in [-0.2, 0) is 6.42 Å². The molecule has 0 aromatic heterocycles. The highest BCUT2D eigenvalue weighted by Crippen LogP contribution is 2.25. The van der Waals surface area contributed by atoms with Crippen molar-refractivity contribution in [3.8, 4) is 11.3 Å². The molecule has 0 atom stereocenters. The van der Waals surface area contributed by atoms with Gasteiger partial charge in [-0.15, -0.1) is 0 Å². The number of hydrogen-bond donors (Lipinski definition) is 1. The number of carbonyl (C=O) groups excluding carboxylic acids is 1. The lowest BCUT2D eigenvalue weighted by Crippen LogP contribution is -2.26. The fraction of sp³-hybridized carbons (Fsp3) is 0.167. The quantitative estimate of drug-likeness (QED) is 0.752. The van der Waals surface area contributed by atoms with E-state index < -0.39 is 0 Å². The average molecular weight is 377 g/mol. The average Bonchev–Trinajstić information content (AvgIpc) is 2.56. The van der Waals surface area contributed by atoms with E-state index in [9.17, 15) is 9.59 Å². The van der Waals surface area contributed by atoms with Crippen LogP contribution in [-0.4, -0.2) is 17.6 Å². The fourth-order valence-corrected chi connectivity index (χ4v) is 3.06. The molecule has 1 aliphatic heterocycles. The highest BCUT2D eigenvalue weighted by Gasteiger charge is 2.14. The zero-order valence-corrected chi connectivity index (χ0v) is 14.8. The lowest BCUT2D eigenvalue weighted by Gasteiger charge is -2.11. The SMILES string of the molecule is Cc1c2ccc(=O)cc-2onc1CCNC(=O)c1cc(Cl)cc(Cl)c1. The number of halogens is 2. The largest absolute Gasteiger partial charge is 0.356 e. The number of nitrogens with zero attached hydrogens (tertiary/aromatic N) is 1.